The summed E-state index contributed by atoms with van der Waals surface area (Å²) in [6.07, 6.45) is 5.74. The van der Waals surface area contributed by atoms with Crippen LogP contribution >= 0.6 is 0 Å². The van der Waals surface area contributed by atoms with Crippen LogP contribution in [0.2, 0.25) is 0 Å². The standard InChI is InChI=1S/C10H17NO2/c1-2-7-11-9-6-4-3-5-8(9)10(12)13/h2,8-9,11H,1,3-7H2,(H,12,13)/t8-,9+/m0/s1. The summed E-state index contributed by atoms with van der Waals surface area (Å²) < 4.78 is 0. The van der Waals surface area contributed by atoms with E-state index in [4.69, 9.17) is 5.11 Å². The first kappa shape index (κ1) is 10.3. The number of carboxylic acid groups (broad SMARTS) is 1. The molecule has 13 heavy (non-hydrogen) atoms. The van der Waals surface area contributed by atoms with Crippen molar-refractivity contribution in [3.8, 4) is 0 Å². The zero-order chi connectivity index (χ0) is 9.68. The van der Waals surface area contributed by atoms with Crippen LogP contribution in [0.3, 0.4) is 0 Å². The van der Waals surface area contributed by atoms with Gasteiger partial charge in [-0.25, -0.2) is 0 Å². The second-order valence-electron chi connectivity index (χ2n) is 3.53. The van der Waals surface area contributed by atoms with Gasteiger partial charge in [-0.1, -0.05) is 18.9 Å². The van der Waals surface area contributed by atoms with Crippen LogP contribution in [0.15, 0.2) is 12.7 Å². The summed E-state index contributed by atoms with van der Waals surface area (Å²) in [6.45, 7) is 4.31. The predicted octanol–water partition coefficient (Wildman–Crippen LogP) is 1.41. The average molecular weight is 183 g/mol. The molecule has 2 atom stereocenters. The predicted molar refractivity (Wildman–Crippen MR) is 51.6 cm³/mol. The third-order valence-electron chi connectivity index (χ3n) is 2.61. The fourth-order valence-electron chi connectivity index (χ4n) is 1.91. The number of carboxylic acids is 1. The van der Waals surface area contributed by atoms with E-state index >= 15 is 0 Å². The van der Waals surface area contributed by atoms with Gasteiger partial charge in [-0.15, -0.1) is 6.58 Å². The van der Waals surface area contributed by atoms with E-state index in [1.165, 1.54) is 0 Å². The van der Waals surface area contributed by atoms with Gasteiger partial charge in [-0.3, -0.25) is 4.79 Å². The molecule has 1 fully saturated rings. The van der Waals surface area contributed by atoms with Crippen molar-refractivity contribution in [3.63, 3.8) is 0 Å². The zero-order valence-electron chi connectivity index (χ0n) is 7.83. The molecule has 74 valence electrons. The van der Waals surface area contributed by atoms with Crippen LogP contribution in [-0.2, 0) is 4.79 Å². The van der Waals surface area contributed by atoms with E-state index in [1.54, 1.807) is 6.08 Å². The van der Waals surface area contributed by atoms with Crippen molar-refractivity contribution in [2.45, 2.75) is 31.7 Å². The molecule has 0 aromatic heterocycles. The van der Waals surface area contributed by atoms with E-state index in [1.807, 2.05) is 0 Å². The lowest BCUT2D eigenvalue weighted by atomic mass is 9.84. The van der Waals surface area contributed by atoms with Crippen LogP contribution < -0.4 is 5.32 Å². The summed E-state index contributed by atoms with van der Waals surface area (Å²) in [5.41, 5.74) is 0. The Morgan fingerprint density at radius 3 is 2.85 bits per heavy atom. The second kappa shape index (κ2) is 5.02. The number of aliphatic carboxylic acids is 1. The maximum atomic E-state index is 10.9. The number of rotatable bonds is 4. The summed E-state index contributed by atoms with van der Waals surface area (Å²) in [4.78, 5) is 10.9. The van der Waals surface area contributed by atoms with Crippen LogP contribution in [-0.4, -0.2) is 23.7 Å². The minimum absolute atomic E-state index is 0.143. The van der Waals surface area contributed by atoms with Gasteiger partial charge in [0.1, 0.15) is 0 Å². The van der Waals surface area contributed by atoms with Crippen molar-refractivity contribution in [3.05, 3.63) is 12.7 Å². The quantitative estimate of drug-likeness (QED) is 0.648. The summed E-state index contributed by atoms with van der Waals surface area (Å²) in [6, 6.07) is 0.143. The Balaban J connectivity index is 2.46. The highest BCUT2D eigenvalue weighted by atomic mass is 16.4. The van der Waals surface area contributed by atoms with E-state index < -0.39 is 5.97 Å². The molecule has 0 aromatic carbocycles. The third kappa shape index (κ3) is 2.84. The Morgan fingerprint density at radius 1 is 1.54 bits per heavy atom. The summed E-state index contributed by atoms with van der Waals surface area (Å²) in [5.74, 6) is -0.866. The average Bonchev–Trinajstić information content (AvgIpc) is 2.15. The van der Waals surface area contributed by atoms with Gasteiger partial charge in [0, 0.05) is 12.6 Å². The molecule has 1 aliphatic rings. The maximum Gasteiger partial charge on any atom is 0.308 e. The highest BCUT2D eigenvalue weighted by Crippen LogP contribution is 2.24. The van der Waals surface area contributed by atoms with E-state index in [0.717, 1.165) is 25.7 Å². The zero-order valence-corrected chi connectivity index (χ0v) is 7.83. The van der Waals surface area contributed by atoms with Crippen molar-refractivity contribution in [1.82, 2.24) is 5.32 Å². The first-order valence-corrected chi connectivity index (χ1v) is 4.82. The highest BCUT2D eigenvalue weighted by Gasteiger charge is 2.29. The molecule has 0 spiro atoms. The topological polar surface area (TPSA) is 49.3 Å². The monoisotopic (exact) mass is 183 g/mol. The first-order valence-electron chi connectivity index (χ1n) is 4.82. The Kier molecular flexibility index (Phi) is 3.96. The molecule has 1 saturated carbocycles. The molecule has 1 rings (SSSR count). The minimum Gasteiger partial charge on any atom is -0.481 e. The Morgan fingerprint density at radius 2 is 2.23 bits per heavy atom. The Labute approximate surface area is 78.8 Å². The summed E-state index contributed by atoms with van der Waals surface area (Å²) in [5, 5.41) is 12.1. The lowest BCUT2D eigenvalue weighted by Gasteiger charge is -2.28. The van der Waals surface area contributed by atoms with Gasteiger partial charge in [-0.05, 0) is 12.8 Å². The van der Waals surface area contributed by atoms with Gasteiger partial charge in [0.2, 0.25) is 0 Å². The number of carbonyl (C=O) groups is 1. The molecular weight excluding hydrogens is 166 g/mol. The lowest BCUT2D eigenvalue weighted by Crippen LogP contribution is -2.42. The smallest absolute Gasteiger partial charge is 0.308 e. The van der Waals surface area contributed by atoms with Crippen molar-refractivity contribution in [1.29, 1.82) is 0 Å². The number of hydrogen-bond acceptors (Lipinski definition) is 2. The molecule has 0 aromatic rings. The molecule has 0 bridgehead atoms. The van der Waals surface area contributed by atoms with Gasteiger partial charge >= 0.3 is 5.97 Å². The SMILES string of the molecule is C=CCN[C@@H]1CCCC[C@@H]1C(=O)O. The van der Waals surface area contributed by atoms with E-state index in [-0.39, 0.29) is 12.0 Å². The van der Waals surface area contributed by atoms with Crippen molar-refractivity contribution < 1.29 is 9.90 Å². The highest BCUT2D eigenvalue weighted by molar-refractivity contribution is 5.71. The molecule has 1 aliphatic carbocycles. The Hall–Kier alpha value is -0.830. The van der Waals surface area contributed by atoms with Gasteiger partial charge in [0.15, 0.2) is 0 Å². The van der Waals surface area contributed by atoms with E-state index in [9.17, 15) is 4.79 Å². The molecule has 2 N–H and O–H groups in total. The lowest BCUT2D eigenvalue weighted by molar-refractivity contribution is -0.143. The summed E-state index contributed by atoms with van der Waals surface area (Å²) >= 11 is 0. The minimum atomic E-state index is -0.665. The molecule has 0 amide bonds. The maximum absolute atomic E-state index is 10.9. The molecule has 0 radical (unpaired) electrons. The second-order valence-corrected chi connectivity index (χ2v) is 3.53. The van der Waals surface area contributed by atoms with Crippen LogP contribution in [0.25, 0.3) is 0 Å². The van der Waals surface area contributed by atoms with Gasteiger partial charge in [0.25, 0.3) is 0 Å². The van der Waals surface area contributed by atoms with Crippen LogP contribution in [0.4, 0.5) is 0 Å². The van der Waals surface area contributed by atoms with Crippen molar-refractivity contribution in [2.24, 2.45) is 5.92 Å². The molecule has 0 unspecified atom stereocenters. The van der Waals surface area contributed by atoms with Gasteiger partial charge in [-0.2, -0.15) is 0 Å². The van der Waals surface area contributed by atoms with Gasteiger partial charge in [0.05, 0.1) is 5.92 Å². The van der Waals surface area contributed by atoms with Crippen molar-refractivity contribution >= 4 is 5.97 Å². The summed E-state index contributed by atoms with van der Waals surface area (Å²) in [7, 11) is 0. The van der Waals surface area contributed by atoms with Crippen LogP contribution in [0.1, 0.15) is 25.7 Å². The van der Waals surface area contributed by atoms with Gasteiger partial charge < -0.3 is 10.4 Å². The molecule has 3 heteroatoms. The molecular formula is C10H17NO2. The molecule has 0 heterocycles. The van der Waals surface area contributed by atoms with E-state index in [2.05, 4.69) is 11.9 Å². The van der Waals surface area contributed by atoms with Crippen LogP contribution in [0.5, 0.6) is 0 Å². The fraction of sp³-hybridized carbons (Fsp3) is 0.700. The molecule has 0 saturated heterocycles. The third-order valence-corrected chi connectivity index (χ3v) is 2.61. The normalized spacial score (nSPS) is 28.3. The number of hydrogen-bond donors (Lipinski definition) is 2. The first-order chi connectivity index (χ1) is 6.25. The fourth-order valence-corrected chi connectivity index (χ4v) is 1.91. The van der Waals surface area contributed by atoms with Crippen LogP contribution in [0, 0.1) is 5.92 Å². The number of nitrogens with one attached hydrogen (secondary N) is 1. The van der Waals surface area contributed by atoms with Crippen molar-refractivity contribution in [2.75, 3.05) is 6.54 Å². The van der Waals surface area contributed by atoms with E-state index in [0.29, 0.717) is 6.54 Å². The molecule has 0 aliphatic heterocycles. The molecule has 3 nitrogen and oxygen atoms in total. The Bertz CT molecular complexity index is 191. The largest absolute Gasteiger partial charge is 0.481 e.